The van der Waals surface area contributed by atoms with Crippen molar-refractivity contribution in [2.45, 2.75) is 154 Å². The maximum Gasteiger partial charge on any atom is 0.351 e. The number of nitrogens with zero attached hydrogens (tertiary/aromatic N) is 5. The molecule has 67 heavy (non-hydrogen) atoms. The number of nitrogens with one attached hydrogen (secondary N) is 1. The average molecular weight is 981 g/mol. The topological polar surface area (TPSA) is 230 Å². The standard InChI is InChI=1S/C46H70FN6O12PS/c1-14-33-46(9,58)40-27(5)36(50-35(54)15-2)25(3)19-44(7,39(28(6)38(56)45(8,47)43(57)64-33)65-42-37(55)32(53(10)11)18-26(4)63-42)61-22-31(21-60-40)51-62-23-30-17-16-29(20-48-30)41-49-34(24-67-41)52-66(12,13)59/h16-17,20,24-28,32-33,37,39-40,42,55,58H,14-15,18-19,21-23H2,1-13H3,(H,52,59)/b50-36?,51-31+/t25-,26-,27+,28+,32+,33-,37-,39-,40-,42+,44-,45+,46-/m1/s1. The van der Waals surface area contributed by atoms with Gasteiger partial charge in [-0.15, -0.1) is 11.3 Å². The van der Waals surface area contributed by atoms with Gasteiger partial charge in [-0.05, 0) is 79.1 Å². The van der Waals surface area contributed by atoms with Crippen LogP contribution in [0.25, 0.3) is 10.6 Å². The molecule has 0 spiro atoms. The summed E-state index contributed by atoms with van der Waals surface area (Å²) in [6.45, 7) is 16.5. The fourth-order valence-corrected chi connectivity index (χ4v) is 10.7. The van der Waals surface area contributed by atoms with E-state index in [0.29, 0.717) is 28.7 Å². The molecule has 3 aliphatic heterocycles. The summed E-state index contributed by atoms with van der Waals surface area (Å²) in [6.07, 6.45) is -4.94. The van der Waals surface area contributed by atoms with Crippen molar-refractivity contribution in [1.29, 1.82) is 0 Å². The summed E-state index contributed by atoms with van der Waals surface area (Å²) in [4.78, 5) is 63.0. The number of anilines is 1. The lowest BCUT2D eigenvalue weighted by Crippen LogP contribution is -2.61. The summed E-state index contributed by atoms with van der Waals surface area (Å²) >= 11 is 1.37. The zero-order chi connectivity index (χ0) is 49.8. The maximum absolute atomic E-state index is 17.0. The number of aliphatic hydroxyl groups excluding tert-OH is 1. The molecule has 0 aromatic carbocycles. The summed E-state index contributed by atoms with van der Waals surface area (Å²) in [6, 6.07) is 3.15. The molecule has 2 aromatic rings. The van der Waals surface area contributed by atoms with Gasteiger partial charge in [0.05, 0.1) is 42.8 Å². The predicted octanol–water partition coefficient (Wildman–Crippen LogP) is 6.07. The van der Waals surface area contributed by atoms with Crippen molar-refractivity contribution in [2.24, 2.45) is 27.9 Å². The Bertz CT molecular complexity index is 2170. The SMILES string of the molecule is CCC(=O)N=C1[C@H](C)C[C@@]2(C)OC/C(=N/OCc3ccc(-c4nc(NP(C)(C)=O)cs4)cn3)CO[C@H]([C@H]1C)[C@](C)(O)[C@@H](CC)OC(=O)[C@@](C)(F)C(=O)[C@H](C)[C@H]2O[C@@H]1O[C@H](C)C[C@H](N(C)C)[C@H]1O. The molecule has 0 aliphatic carbocycles. The van der Waals surface area contributed by atoms with Gasteiger partial charge in [0, 0.05) is 60.5 Å². The van der Waals surface area contributed by atoms with Crippen LogP contribution in [0.3, 0.4) is 0 Å². The molecule has 5 rings (SSSR count). The number of hydrogen-bond donors (Lipinski definition) is 3. The number of pyridine rings is 1. The van der Waals surface area contributed by atoms with Crippen molar-refractivity contribution in [3.63, 3.8) is 0 Å². The van der Waals surface area contributed by atoms with E-state index in [-0.39, 0.29) is 44.8 Å². The lowest BCUT2D eigenvalue weighted by atomic mass is 9.73. The van der Waals surface area contributed by atoms with Gasteiger partial charge in [-0.1, -0.05) is 39.8 Å². The summed E-state index contributed by atoms with van der Waals surface area (Å²) in [7, 11) is 1.07. The van der Waals surface area contributed by atoms with Gasteiger partial charge in [0.2, 0.25) is 5.91 Å². The van der Waals surface area contributed by atoms with Gasteiger partial charge in [0.15, 0.2) is 26.0 Å². The van der Waals surface area contributed by atoms with Gasteiger partial charge in [-0.2, -0.15) is 0 Å². The molecular formula is C46H70FN6O12PS. The van der Waals surface area contributed by atoms with E-state index >= 15 is 4.39 Å². The molecule has 3 aliphatic rings. The highest BCUT2D eigenvalue weighted by Gasteiger charge is 2.56. The third kappa shape index (κ3) is 13.0. The summed E-state index contributed by atoms with van der Waals surface area (Å²) in [5.41, 5.74) is -5.15. The van der Waals surface area contributed by atoms with E-state index in [2.05, 4.69) is 25.2 Å². The number of fused-ring (bicyclic) bond motifs is 5. The number of aliphatic hydroxyl groups is 2. The first kappa shape index (κ1) is 54.4. The Morgan fingerprint density at radius 2 is 1.81 bits per heavy atom. The Balaban J connectivity index is 1.62. The number of ketones is 1. The second kappa shape index (κ2) is 22.0. The predicted molar refractivity (Wildman–Crippen MR) is 252 cm³/mol. The van der Waals surface area contributed by atoms with Crippen LogP contribution in [0.4, 0.5) is 10.2 Å². The van der Waals surface area contributed by atoms with Crippen LogP contribution in [0.1, 0.15) is 93.7 Å². The average Bonchev–Trinajstić information content (AvgIpc) is 3.71. The number of ether oxygens (including phenoxy) is 5. The molecule has 2 aromatic heterocycles. The normalized spacial score (nSPS) is 36.3. The molecule has 3 saturated heterocycles. The number of halogens is 1. The highest BCUT2D eigenvalue weighted by atomic mass is 32.1. The first-order valence-corrected chi connectivity index (χ1v) is 26.3. The van der Waals surface area contributed by atoms with Crippen LogP contribution in [0, 0.1) is 17.8 Å². The third-order valence-electron chi connectivity index (χ3n) is 12.8. The van der Waals surface area contributed by atoms with Gasteiger partial charge in [-0.3, -0.25) is 14.6 Å². The lowest BCUT2D eigenvalue weighted by molar-refractivity contribution is -0.296. The molecule has 21 heteroatoms. The molecule has 3 fully saturated rings. The van der Waals surface area contributed by atoms with Crippen LogP contribution in [0.2, 0.25) is 0 Å². The second-order valence-corrected chi connectivity index (χ2v) is 23.1. The Morgan fingerprint density at radius 3 is 2.42 bits per heavy atom. The zero-order valence-electron chi connectivity index (χ0n) is 41.0. The number of cyclic esters (lactones) is 1. The number of likely N-dealkylation sites (N-methyl/N-ethyl adjacent to an activating group) is 1. The Morgan fingerprint density at radius 1 is 1.10 bits per heavy atom. The molecule has 13 atom stereocenters. The number of thiazole rings is 1. The van der Waals surface area contributed by atoms with Crippen molar-refractivity contribution in [3.8, 4) is 10.6 Å². The van der Waals surface area contributed by atoms with E-state index in [1.807, 2.05) is 38.9 Å². The molecular weight excluding hydrogens is 911 g/mol. The second-order valence-electron chi connectivity index (χ2n) is 19.3. The monoisotopic (exact) mass is 980 g/mol. The van der Waals surface area contributed by atoms with Crippen molar-refractivity contribution < 1.29 is 62.1 Å². The van der Waals surface area contributed by atoms with Gasteiger partial charge in [0.1, 0.15) is 34.3 Å². The smallest absolute Gasteiger partial charge is 0.351 e. The zero-order valence-corrected chi connectivity index (χ0v) is 42.7. The number of carbonyl (C=O) groups excluding carboxylic acids is 3. The quantitative estimate of drug-likeness (QED) is 0.100. The van der Waals surface area contributed by atoms with E-state index < -0.39 is 102 Å². The number of amides is 1. The molecule has 0 saturated carbocycles. The Labute approximate surface area is 397 Å². The summed E-state index contributed by atoms with van der Waals surface area (Å²) in [5, 5.41) is 34.0. The van der Waals surface area contributed by atoms with Crippen LogP contribution >= 0.6 is 18.6 Å². The van der Waals surface area contributed by atoms with Gasteiger partial charge in [0.25, 0.3) is 5.67 Å². The molecule has 0 radical (unpaired) electrons. The minimum Gasteiger partial charge on any atom is -0.457 e. The number of aliphatic imine (C=N–C) groups is 1. The maximum atomic E-state index is 17.0. The molecule has 3 N–H and O–H groups in total. The molecule has 0 unspecified atom stereocenters. The van der Waals surface area contributed by atoms with Crippen LogP contribution in [-0.2, 0) is 54.1 Å². The first-order chi connectivity index (χ1) is 31.2. The number of aromatic nitrogens is 2. The van der Waals surface area contributed by atoms with E-state index in [1.54, 1.807) is 58.7 Å². The number of alkyl halides is 1. The minimum absolute atomic E-state index is 0.0122. The molecule has 18 nitrogen and oxygen atoms in total. The number of esters is 1. The molecule has 1 amide bonds. The number of carbonyl (C=O) groups is 3. The minimum atomic E-state index is -3.24. The summed E-state index contributed by atoms with van der Waals surface area (Å²) < 4.78 is 61.3. The highest BCUT2D eigenvalue weighted by molar-refractivity contribution is 7.63. The molecule has 374 valence electrons. The Hall–Kier alpha value is -3.59. The van der Waals surface area contributed by atoms with E-state index in [1.165, 1.54) is 25.2 Å². The molecule has 2 bridgehead atoms. The lowest BCUT2D eigenvalue weighted by Gasteiger charge is -2.47. The van der Waals surface area contributed by atoms with Crippen LogP contribution in [0.5, 0.6) is 0 Å². The van der Waals surface area contributed by atoms with Crippen LogP contribution < -0.4 is 5.09 Å². The summed E-state index contributed by atoms with van der Waals surface area (Å²) in [5.74, 6) is -5.60. The van der Waals surface area contributed by atoms with E-state index in [0.717, 1.165) is 12.5 Å². The fourth-order valence-electron chi connectivity index (χ4n) is 9.21. The van der Waals surface area contributed by atoms with E-state index in [4.69, 9.17) is 28.5 Å². The fraction of sp³-hybridized carbons (Fsp3) is 0.717. The van der Waals surface area contributed by atoms with Gasteiger partial charge in [-0.25, -0.2) is 19.2 Å². The van der Waals surface area contributed by atoms with Crippen LogP contribution in [0.15, 0.2) is 33.9 Å². The van der Waals surface area contributed by atoms with Gasteiger partial charge < -0.3 is 53.3 Å². The van der Waals surface area contributed by atoms with Crippen molar-refractivity contribution in [2.75, 3.05) is 45.7 Å². The number of hydrogen-bond acceptors (Lipinski definition) is 17. The van der Waals surface area contributed by atoms with Crippen molar-refractivity contribution >= 4 is 53.5 Å². The third-order valence-corrected chi connectivity index (χ3v) is 14.4. The van der Waals surface area contributed by atoms with Crippen molar-refractivity contribution in [3.05, 3.63) is 29.4 Å². The highest BCUT2D eigenvalue weighted by Crippen LogP contribution is 2.42. The molecule has 5 heterocycles. The number of rotatable bonds is 11. The largest absolute Gasteiger partial charge is 0.457 e. The van der Waals surface area contributed by atoms with E-state index in [9.17, 15) is 29.2 Å². The first-order valence-electron chi connectivity index (χ1n) is 22.8. The number of oxime groups is 1. The van der Waals surface area contributed by atoms with Crippen LogP contribution in [-0.4, -0.2) is 155 Å². The number of Topliss-reactive ketones (excluding diaryl/α,β-unsaturated/α-hetero) is 1. The van der Waals surface area contributed by atoms with Gasteiger partial charge >= 0.3 is 5.97 Å². The van der Waals surface area contributed by atoms with Crippen molar-refractivity contribution in [1.82, 2.24) is 14.9 Å². The Kier molecular flexibility index (Phi) is 17.9.